The van der Waals surface area contributed by atoms with Gasteiger partial charge in [-0.15, -0.1) is 0 Å². The third-order valence-corrected chi connectivity index (χ3v) is 3.57. The molecular weight excluding hydrogens is 270 g/mol. The van der Waals surface area contributed by atoms with E-state index in [1.807, 2.05) is 23.1 Å². The summed E-state index contributed by atoms with van der Waals surface area (Å²) in [7, 11) is 0. The number of fused-ring (bicyclic) bond motifs is 1. The molecule has 1 amide bonds. The molecule has 1 unspecified atom stereocenters. The first-order valence-corrected chi connectivity index (χ1v) is 7.17. The van der Waals surface area contributed by atoms with Crippen molar-refractivity contribution < 1.29 is 19.0 Å². The molecule has 5 nitrogen and oxygen atoms in total. The van der Waals surface area contributed by atoms with Crippen LogP contribution in [0.1, 0.15) is 12.5 Å². The van der Waals surface area contributed by atoms with Gasteiger partial charge in [-0.3, -0.25) is 4.79 Å². The lowest BCUT2D eigenvalue weighted by Crippen LogP contribution is -2.33. The molecule has 5 heteroatoms. The molecule has 1 atom stereocenters. The van der Waals surface area contributed by atoms with E-state index in [1.54, 1.807) is 12.2 Å². The van der Waals surface area contributed by atoms with E-state index >= 15 is 0 Å². The largest absolute Gasteiger partial charge is 0.454 e. The zero-order valence-electron chi connectivity index (χ0n) is 12.1. The van der Waals surface area contributed by atoms with Crippen molar-refractivity contribution in [3.05, 3.63) is 29.8 Å². The lowest BCUT2D eigenvalue weighted by atomic mass is 10.1. The topological polar surface area (TPSA) is 48.0 Å². The average Bonchev–Trinajstić information content (AvgIpc) is 2.84. The maximum atomic E-state index is 12.2. The van der Waals surface area contributed by atoms with Crippen molar-refractivity contribution in [3.63, 3.8) is 0 Å². The van der Waals surface area contributed by atoms with Gasteiger partial charge < -0.3 is 19.1 Å². The minimum atomic E-state index is 0.0185. The summed E-state index contributed by atoms with van der Waals surface area (Å²) in [5.74, 6) is 1.86. The molecule has 1 aromatic carbocycles. The second-order valence-corrected chi connectivity index (χ2v) is 5.41. The predicted octanol–water partition coefficient (Wildman–Crippen LogP) is 1.92. The summed E-state index contributed by atoms with van der Waals surface area (Å²) >= 11 is 0. The number of nitrogens with zero attached hydrogens (tertiary/aromatic N) is 1. The molecule has 112 valence electrons. The van der Waals surface area contributed by atoms with Crippen molar-refractivity contribution in [1.29, 1.82) is 0 Å². The Morgan fingerprint density at radius 1 is 1.33 bits per heavy atom. The van der Waals surface area contributed by atoms with Crippen molar-refractivity contribution in [1.82, 2.24) is 4.90 Å². The Bertz CT molecular complexity index is 555. The molecule has 0 radical (unpaired) electrons. The van der Waals surface area contributed by atoms with E-state index in [9.17, 15) is 4.79 Å². The quantitative estimate of drug-likeness (QED) is 0.781. The summed E-state index contributed by atoms with van der Waals surface area (Å²) in [5.41, 5.74) is 0.923. The first-order chi connectivity index (χ1) is 10.2. The number of amides is 1. The van der Waals surface area contributed by atoms with E-state index in [1.165, 1.54) is 0 Å². The van der Waals surface area contributed by atoms with Crippen LogP contribution in [0.5, 0.6) is 11.5 Å². The molecule has 21 heavy (non-hydrogen) atoms. The highest BCUT2D eigenvalue weighted by molar-refractivity contribution is 5.91. The zero-order valence-corrected chi connectivity index (χ0v) is 12.1. The molecule has 0 saturated carbocycles. The summed E-state index contributed by atoms with van der Waals surface area (Å²) in [6.07, 6.45) is 3.41. The van der Waals surface area contributed by atoms with Gasteiger partial charge >= 0.3 is 0 Å². The van der Waals surface area contributed by atoms with Crippen LogP contribution in [0.25, 0.3) is 6.08 Å². The molecule has 0 bridgehead atoms. The molecule has 1 aromatic rings. The van der Waals surface area contributed by atoms with Crippen LogP contribution in [0.4, 0.5) is 0 Å². The highest BCUT2D eigenvalue weighted by atomic mass is 16.7. The molecule has 3 rings (SSSR count). The summed E-state index contributed by atoms with van der Waals surface area (Å²) < 4.78 is 16.0. The normalized spacial score (nSPS) is 21.6. The standard InChI is InChI=1S/C16H19NO4/c1-12-9-17(6-7-19-10-12)16(18)5-3-13-2-4-14-15(8-13)21-11-20-14/h2-5,8,12H,6-7,9-11H2,1H3/b5-3+. The Balaban J connectivity index is 1.66. The monoisotopic (exact) mass is 289 g/mol. The van der Waals surface area contributed by atoms with Gasteiger partial charge in [0.15, 0.2) is 11.5 Å². The van der Waals surface area contributed by atoms with E-state index < -0.39 is 0 Å². The van der Waals surface area contributed by atoms with E-state index in [0.29, 0.717) is 19.1 Å². The van der Waals surface area contributed by atoms with E-state index in [0.717, 1.165) is 30.2 Å². The molecule has 2 heterocycles. The zero-order chi connectivity index (χ0) is 14.7. The first kappa shape index (κ1) is 13.9. The summed E-state index contributed by atoms with van der Waals surface area (Å²) in [5, 5.41) is 0. The van der Waals surface area contributed by atoms with Gasteiger partial charge in [-0.1, -0.05) is 13.0 Å². The summed E-state index contributed by atoms with van der Waals surface area (Å²) in [4.78, 5) is 14.1. The summed E-state index contributed by atoms with van der Waals surface area (Å²) in [6, 6.07) is 5.64. The fraction of sp³-hybridized carbons (Fsp3) is 0.438. The van der Waals surface area contributed by atoms with Crippen LogP contribution >= 0.6 is 0 Å². The fourth-order valence-corrected chi connectivity index (χ4v) is 2.47. The fourth-order valence-electron chi connectivity index (χ4n) is 2.47. The van der Waals surface area contributed by atoms with Crippen LogP contribution < -0.4 is 9.47 Å². The minimum absolute atomic E-state index is 0.0185. The molecule has 0 aromatic heterocycles. The van der Waals surface area contributed by atoms with E-state index in [2.05, 4.69) is 6.92 Å². The van der Waals surface area contributed by atoms with Crippen LogP contribution in [0, 0.1) is 5.92 Å². The number of rotatable bonds is 2. The number of hydrogen-bond donors (Lipinski definition) is 0. The van der Waals surface area contributed by atoms with Crippen molar-refractivity contribution in [3.8, 4) is 11.5 Å². The molecule has 0 N–H and O–H groups in total. The number of hydrogen-bond acceptors (Lipinski definition) is 4. The maximum Gasteiger partial charge on any atom is 0.246 e. The van der Waals surface area contributed by atoms with Gasteiger partial charge in [-0.25, -0.2) is 0 Å². The molecule has 2 aliphatic rings. The van der Waals surface area contributed by atoms with Crippen LogP contribution in [0.15, 0.2) is 24.3 Å². The molecule has 0 aliphatic carbocycles. The van der Waals surface area contributed by atoms with Gasteiger partial charge in [0.05, 0.1) is 13.2 Å². The highest BCUT2D eigenvalue weighted by Gasteiger charge is 2.18. The Hall–Kier alpha value is -2.01. The minimum Gasteiger partial charge on any atom is -0.454 e. The smallest absolute Gasteiger partial charge is 0.246 e. The van der Waals surface area contributed by atoms with Gasteiger partial charge in [-0.2, -0.15) is 0 Å². The molecular formula is C16H19NO4. The second kappa shape index (κ2) is 6.18. The highest BCUT2D eigenvalue weighted by Crippen LogP contribution is 2.32. The molecule has 0 spiro atoms. The average molecular weight is 289 g/mol. The van der Waals surface area contributed by atoms with Gasteiger partial charge in [0.25, 0.3) is 0 Å². The number of benzene rings is 1. The van der Waals surface area contributed by atoms with Crippen molar-refractivity contribution in [2.24, 2.45) is 5.92 Å². The Morgan fingerprint density at radius 3 is 3.10 bits per heavy atom. The van der Waals surface area contributed by atoms with Crippen LogP contribution in [0.2, 0.25) is 0 Å². The third kappa shape index (κ3) is 3.36. The molecule has 1 fully saturated rings. The van der Waals surface area contributed by atoms with Gasteiger partial charge in [-0.05, 0) is 29.7 Å². The lowest BCUT2D eigenvalue weighted by Gasteiger charge is -2.20. The van der Waals surface area contributed by atoms with Crippen molar-refractivity contribution in [2.75, 3.05) is 33.1 Å². The SMILES string of the molecule is CC1COCCN(C(=O)/C=C/c2ccc3c(c2)OCO3)C1. The van der Waals surface area contributed by atoms with Gasteiger partial charge in [0, 0.05) is 19.2 Å². The third-order valence-electron chi connectivity index (χ3n) is 3.57. The van der Waals surface area contributed by atoms with Crippen molar-refractivity contribution >= 4 is 12.0 Å². The maximum absolute atomic E-state index is 12.2. The van der Waals surface area contributed by atoms with Crippen LogP contribution in [-0.2, 0) is 9.53 Å². The van der Waals surface area contributed by atoms with Crippen LogP contribution in [-0.4, -0.2) is 43.9 Å². The van der Waals surface area contributed by atoms with Crippen LogP contribution in [0.3, 0.4) is 0 Å². The lowest BCUT2D eigenvalue weighted by molar-refractivity contribution is -0.126. The first-order valence-electron chi connectivity index (χ1n) is 7.17. The summed E-state index contributed by atoms with van der Waals surface area (Å²) in [6.45, 7) is 5.06. The number of ether oxygens (including phenoxy) is 3. The predicted molar refractivity (Wildman–Crippen MR) is 78.2 cm³/mol. The van der Waals surface area contributed by atoms with Gasteiger partial charge in [0.2, 0.25) is 12.7 Å². The molecule has 2 aliphatic heterocycles. The Morgan fingerprint density at radius 2 is 2.19 bits per heavy atom. The Kier molecular flexibility index (Phi) is 4.10. The number of carbonyl (C=O) groups is 1. The molecule has 1 saturated heterocycles. The van der Waals surface area contributed by atoms with E-state index in [-0.39, 0.29) is 12.7 Å². The second-order valence-electron chi connectivity index (χ2n) is 5.41. The van der Waals surface area contributed by atoms with Crippen molar-refractivity contribution in [2.45, 2.75) is 6.92 Å². The number of carbonyl (C=O) groups excluding carboxylic acids is 1. The van der Waals surface area contributed by atoms with Gasteiger partial charge in [0.1, 0.15) is 0 Å². The van der Waals surface area contributed by atoms with E-state index in [4.69, 9.17) is 14.2 Å². The Labute approximate surface area is 124 Å².